The fourth-order valence-electron chi connectivity index (χ4n) is 2.03. The molecule has 0 bridgehead atoms. The van der Waals surface area contributed by atoms with Crippen molar-refractivity contribution in [2.24, 2.45) is 0 Å². The first-order chi connectivity index (χ1) is 9.27. The number of aromatic nitrogens is 2. The van der Waals surface area contributed by atoms with Crippen molar-refractivity contribution in [1.29, 1.82) is 0 Å². The molecule has 0 spiro atoms. The molecule has 2 N–H and O–H groups in total. The zero-order valence-electron chi connectivity index (χ0n) is 11.2. The highest BCUT2D eigenvalue weighted by molar-refractivity contribution is 7.91. The summed E-state index contributed by atoms with van der Waals surface area (Å²) >= 11 is 0.794. The Morgan fingerprint density at radius 1 is 1.50 bits per heavy atom. The van der Waals surface area contributed by atoms with Crippen LogP contribution in [-0.2, 0) is 14.8 Å². The van der Waals surface area contributed by atoms with Gasteiger partial charge in [-0.3, -0.25) is 4.79 Å². The second-order valence-corrected chi connectivity index (χ2v) is 7.89. The average molecular weight is 320 g/mol. The minimum Gasteiger partial charge on any atom is -0.387 e. The quantitative estimate of drug-likeness (QED) is 0.740. The van der Waals surface area contributed by atoms with Crippen molar-refractivity contribution < 1.29 is 18.3 Å². The van der Waals surface area contributed by atoms with E-state index in [9.17, 15) is 18.3 Å². The van der Waals surface area contributed by atoms with Crippen molar-refractivity contribution in [1.82, 2.24) is 14.5 Å². The highest BCUT2D eigenvalue weighted by Gasteiger charge is 2.47. The van der Waals surface area contributed by atoms with Crippen LogP contribution in [0.3, 0.4) is 0 Å². The summed E-state index contributed by atoms with van der Waals surface area (Å²) in [7, 11) is -3.74. The number of aliphatic hydroxyl groups is 1. The van der Waals surface area contributed by atoms with E-state index in [1.165, 1.54) is 11.2 Å². The van der Waals surface area contributed by atoms with Gasteiger partial charge >= 0.3 is 0 Å². The van der Waals surface area contributed by atoms with Gasteiger partial charge in [-0.2, -0.15) is 4.31 Å². The van der Waals surface area contributed by atoms with Gasteiger partial charge in [-0.1, -0.05) is 24.7 Å². The second kappa shape index (κ2) is 5.35. The van der Waals surface area contributed by atoms with Crippen molar-refractivity contribution in [3.05, 3.63) is 0 Å². The highest BCUT2D eigenvalue weighted by atomic mass is 32.2. The number of carbonyl (C=O) groups excluding carboxylic acids is 1. The van der Waals surface area contributed by atoms with Crippen LogP contribution in [0.25, 0.3) is 0 Å². The number of hydrogen-bond donors (Lipinski definition) is 2. The molecule has 0 radical (unpaired) electrons. The van der Waals surface area contributed by atoms with Gasteiger partial charge in [-0.15, -0.1) is 10.2 Å². The maximum Gasteiger partial charge on any atom is 0.272 e. The Morgan fingerprint density at radius 3 is 2.70 bits per heavy atom. The lowest BCUT2D eigenvalue weighted by Gasteiger charge is -2.44. The summed E-state index contributed by atoms with van der Waals surface area (Å²) in [6.07, 6.45) is 1.35. The summed E-state index contributed by atoms with van der Waals surface area (Å²) in [6.45, 7) is 3.37. The smallest absolute Gasteiger partial charge is 0.272 e. The molecule has 8 nitrogen and oxygen atoms in total. The van der Waals surface area contributed by atoms with Crippen LogP contribution in [0.5, 0.6) is 0 Å². The number of amides is 1. The predicted molar refractivity (Wildman–Crippen MR) is 72.8 cm³/mol. The van der Waals surface area contributed by atoms with Crippen LogP contribution in [0.15, 0.2) is 4.34 Å². The van der Waals surface area contributed by atoms with Crippen LogP contribution in [0, 0.1) is 0 Å². The molecular formula is C10H16N4O4S2. The number of sulfonamides is 1. The SMILES string of the molecule is CCCC1(O)CN(S(=O)(=O)c2nnc(NC(C)=O)s2)C1. The normalized spacial score (nSPS) is 18.6. The summed E-state index contributed by atoms with van der Waals surface area (Å²) in [5, 5.41) is 19.7. The summed E-state index contributed by atoms with van der Waals surface area (Å²) in [6, 6.07) is 0. The minimum absolute atomic E-state index is 0.0677. The molecule has 1 aromatic rings. The zero-order valence-corrected chi connectivity index (χ0v) is 12.8. The fourth-order valence-corrected chi connectivity index (χ4v) is 4.71. The van der Waals surface area contributed by atoms with Gasteiger partial charge < -0.3 is 10.4 Å². The third kappa shape index (κ3) is 2.97. The van der Waals surface area contributed by atoms with Crippen molar-refractivity contribution in [2.45, 2.75) is 36.6 Å². The van der Waals surface area contributed by atoms with Crippen LogP contribution < -0.4 is 5.32 Å². The standard InChI is InChI=1S/C10H16N4O4S2/c1-3-4-10(16)5-14(6-10)20(17,18)9-13-12-8(19-9)11-7(2)15/h16H,3-6H2,1-2H3,(H,11,12,15). The van der Waals surface area contributed by atoms with Crippen LogP contribution in [-0.4, -0.2) is 52.6 Å². The van der Waals surface area contributed by atoms with E-state index in [0.717, 1.165) is 17.8 Å². The molecule has 1 amide bonds. The lowest BCUT2D eigenvalue weighted by Crippen LogP contribution is -2.63. The van der Waals surface area contributed by atoms with Gasteiger partial charge in [0.1, 0.15) is 0 Å². The van der Waals surface area contributed by atoms with Crippen LogP contribution >= 0.6 is 11.3 Å². The van der Waals surface area contributed by atoms with Crippen LogP contribution in [0.4, 0.5) is 5.13 Å². The van der Waals surface area contributed by atoms with Crippen molar-refractivity contribution in [3.63, 3.8) is 0 Å². The minimum atomic E-state index is -3.74. The molecule has 1 aromatic heterocycles. The molecule has 20 heavy (non-hydrogen) atoms. The molecule has 0 aliphatic carbocycles. The van der Waals surface area contributed by atoms with Gasteiger partial charge in [0.15, 0.2) is 0 Å². The van der Waals surface area contributed by atoms with E-state index in [1.54, 1.807) is 0 Å². The first kappa shape index (κ1) is 15.3. The Morgan fingerprint density at radius 2 is 2.15 bits per heavy atom. The number of rotatable bonds is 5. The number of carbonyl (C=O) groups is 1. The average Bonchev–Trinajstić information content (AvgIpc) is 2.74. The third-order valence-electron chi connectivity index (χ3n) is 2.91. The Balaban J connectivity index is 2.09. The molecule has 0 aromatic carbocycles. The topological polar surface area (TPSA) is 112 Å². The second-order valence-electron chi connectivity index (χ2n) is 4.80. The Labute approximate surface area is 120 Å². The molecule has 0 saturated carbocycles. The number of nitrogens with one attached hydrogen (secondary N) is 1. The van der Waals surface area contributed by atoms with Gasteiger partial charge in [0.2, 0.25) is 15.4 Å². The summed E-state index contributed by atoms with van der Waals surface area (Å²) < 4.78 is 25.4. The predicted octanol–water partition coefficient (Wildman–Crippen LogP) is 0.0320. The van der Waals surface area contributed by atoms with Crippen LogP contribution in [0.2, 0.25) is 0 Å². The molecule has 112 valence electrons. The third-order valence-corrected chi connectivity index (χ3v) is 5.88. The fraction of sp³-hybridized carbons (Fsp3) is 0.700. The van der Waals surface area contributed by atoms with Gasteiger partial charge in [0, 0.05) is 20.0 Å². The lowest BCUT2D eigenvalue weighted by molar-refractivity contribution is -0.114. The Kier molecular flexibility index (Phi) is 4.09. The maximum absolute atomic E-state index is 12.2. The summed E-state index contributed by atoms with van der Waals surface area (Å²) in [4.78, 5) is 10.9. The van der Waals surface area contributed by atoms with E-state index in [4.69, 9.17) is 0 Å². The Bertz CT molecular complexity index is 607. The molecule has 0 atom stereocenters. The molecule has 1 fully saturated rings. The van der Waals surface area contributed by atoms with Crippen molar-refractivity contribution in [3.8, 4) is 0 Å². The monoisotopic (exact) mass is 320 g/mol. The van der Waals surface area contributed by atoms with E-state index in [0.29, 0.717) is 6.42 Å². The lowest BCUT2D eigenvalue weighted by atomic mass is 9.92. The molecule has 2 heterocycles. The van der Waals surface area contributed by atoms with Crippen molar-refractivity contribution in [2.75, 3.05) is 18.4 Å². The molecule has 1 aliphatic rings. The molecule has 2 rings (SSSR count). The molecule has 0 unspecified atom stereocenters. The number of β-amino-alcohol motifs (C(OH)–C–C–N with tert-alkyl or cyclic N) is 1. The molecular weight excluding hydrogens is 304 g/mol. The molecule has 1 aliphatic heterocycles. The summed E-state index contributed by atoms with van der Waals surface area (Å²) in [5.74, 6) is -0.341. The summed E-state index contributed by atoms with van der Waals surface area (Å²) in [5.41, 5.74) is -0.938. The number of anilines is 1. The largest absolute Gasteiger partial charge is 0.387 e. The van der Waals surface area contributed by atoms with E-state index >= 15 is 0 Å². The van der Waals surface area contributed by atoms with Gasteiger partial charge in [0.05, 0.1) is 5.60 Å². The number of hydrogen-bond acceptors (Lipinski definition) is 7. The van der Waals surface area contributed by atoms with Gasteiger partial charge in [0.25, 0.3) is 10.0 Å². The first-order valence-electron chi connectivity index (χ1n) is 6.10. The van der Waals surface area contributed by atoms with E-state index in [1.807, 2.05) is 6.92 Å². The van der Waals surface area contributed by atoms with E-state index in [2.05, 4.69) is 15.5 Å². The van der Waals surface area contributed by atoms with Crippen molar-refractivity contribution >= 4 is 32.4 Å². The van der Waals surface area contributed by atoms with Gasteiger partial charge in [-0.05, 0) is 6.42 Å². The van der Waals surface area contributed by atoms with Gasteiger partial charge in [-0.25, -0.2) is 8.42 Å². The Hall–Kier alpha value is -1.10. The molecule has 10 heteroatoms. The zero-order chi connectivity index (χ0) is 15.0. The first-order valence-corrected chi connectivity index (χ1v) is 8.36. The highest BCUT2D eigenvalue weighted by Crippen LogP contribution is 2.32. The maximum atomic E-state index is 12.2. The molecule has 1 saturated heterocycles. The number of nitrogens with zero attached hydrogens (tertiary/aromatic N) is 3. The van der Waals surface area contributed by atoms with Crippen LogP contribution in [0.1, 0.15) is 26.7 Å². The van der Waals surface area contributed by atoms with E-state index < -0.39 is 15.6 Å². The van der Waals surface area contributed by atoms with E-state index in [-0.39, 0.29) is 28.5 Å².